The van der Waals surface area contributed by atoms with Crippen LogP contribution in [0.2, 0.25) is 0 Å². The Balaban J connectivity index is 1.57. The van der Waals surface area contributed by atoms with Crippen LogP contribution < -0.4 is 5.32 Å². The molecule has 108 valence electrons. The first kappa shape index (κ1) is 14.8. The van der Waals surface area contributed by atoms with Gasteiger partial charge in [-0.2, -0.15) is 0 Å². The van der Waals surface area contributed by atoms with E-state index in [0.29, 0.717) is 12.1 Å². The first-order valence-electron chi connectivity index (χ1n) is 7.45. The van der Waals surface area contributed by atoms with Crippen molar-refractivity contribution in [1.82, 2.24) is 25.5 Å². The molecule has 0 saturated heterocycles. The second kappa shape index (κ2) is 7.85. The monoisotopic (exact) mass is 283 g/mol. The van der Waals surface area contributed by atoms with Crippen molar-refractivity contribution < 1.29 is 0 Å². The van der Waals surface area contributed by atoms with Crippen LogP contribution in [0.3, 0.4) is 0 Å². The maximum Gasteiger partial charge on any atom is 0.209 e. The standard InChI is InChI=1S/C13H25N5S/c1-3-4-5-6-11(2)14-9-10-19-13-15-16-17-18(13)12-7-8-12/h11-12,14H,3-10H2,1-2H3. The summed E-state index contributed by atoms with van der Waals surface area (Å²) in [7, 11) is 0. The zero-order valence-electron chi connectivity index (χ0n) is 12.0. The third kappa shape index (κ3) is 5.10. The second-order valence-electron chi connectivity index (χ2n) is 5.34. The Labute approximate surface area is 119 Å². The minimum Gasteiger partial charge on any atom is -0.313 e. The molecule has 1 aromatic heterocycles. The molecular formula is C13H25N5S. The zero-order chi connectivity index (χ0) is 13.5. The topological polar surface area (TPSA) is 55.6 Å². The number of hydrogen-bond donors (Lipinski definition) is 1. The number of hydrogen-bond acceptors (Lipinski definition) is 5. The fourth-order valence-corrected chi connectivity index (χ4v) is 2.89. The van der Waals surface area contributed by atoms with Gasteiger partial charge < -0.3 is 5.32 Å². The highest BCUT2D eigenvalue weighted by Gasteiger charge is 2.27. The number of nitrogens with one attached hydrogen (secondary N) is 1. The SMILES string of the molecule is CCCCCC(C)NCCSc1nnnn1C1CC1. The van der Waals surface area contributed by atoms with Crippen LogP contribution in [-0.2, 0) is 0 Å². The summed E-state index contributed by atoms with van der Waals surface area (Å²) in [6.45, 7) is 5.54. The number of aromatic nitrogens is 4. The summed E-state index contributed by atoms with van der Waals surface area (Å²) in [6, 6.07) is 1.19. The fraction of sp³-hybridized carbons (Fsp3) is 0.923. The lowest BCUT2D eigenvalue weighted by atomic mass is 10.1. The molecule has 6 heteroatoms. The summed E-state index contributed by atoms with van der Waals surface area (Å²) in [5.74, 6) is 1.03. The number of thioether (sulfide) groups is 1. The van der Waals surface area contributed by atoms with Gasteiger partial charge in [0.15, 0.2) is 0 Å². The van der Waals surface area contributed by atoms with Crippen molar-refractivity contribution in [3.05, 3.63) is 0 Å². The van der Waals surface area contributed by atoms with Crippen molar-refractivity contribution in [2.75, 3.05) is 12.3 Å². The first-order valence-corrected chi connectivity index (χ1v) is 8.44. The highest BCUT2D eigenvalue weighted by atomic mass is 32.2. The van der Waals surface area contributed by atoms with Crippen molar-refractivity contribution in [2.24, 2.45) is 0 Å². The summed E-state index contributed by atoms with van der Waals surface area (Å²) in [4.78, 5) is 0. The third-order valence-electron chi connectivity index (χ3n) is 3.42. The number of tetrazole rings is 1. The maximum absolute atomic E-state index is 4.09. The molecule has 1 heterocycles. The van der Waals surface area contributed by atoms with Crippen LogP contribution in [0.25, 0.3) is 0 Å². The van der Waals surface area contributed by atoms with Crippen LogP contribution >= 0.6 is 11.8 Å². The van der Waals surface area contributed by atoms with Crippen molar-refractivity contribution in [3.63, 3.8) is 0 Å². The minimum atomic E-state index is 0.568. The first-order chi connectivity index (χ1) is 9.31. The molecule has 0 bridgehead atoms. The van der Waals surface area contributed by atoms with E-state index in [-0.39, 0.29) is 0 Å². The van der Waals surface area contributed by atoms with Gasteiger partial charge in [0, 0.05) is 18.3 Å². The Morgan fingerprint density at radius 3 is 3.00 bits per heavy atom. The largest absolute Gasteiger partial charge is 0.313 e. The maximum atomic E-state index is 4.09. The smallest absolute Gasteiger partial charge is 0.209 e. The third-order valence-corrected chi connectivity index (χ3v) is 4.36. The predicted octanol–water partition coefficient (Wildman–Crippen LogP) is 2.66. The Morgan fingerprint density at radius 2 is 2.26 bits per heavy atom. The molecule has 0 spiro atoms. The molecule has 1 unspecified atom stereocenters. The normalized spacial score (nSPS) is 16.7. The zero-order valence-corrected chi connectivity index (χ0v) is 12.8. The highest BCUT2D eigenvalue weighted by Crippen LogP contribution is 2.36. The molecule has 0 radical (unpaired) electrons. The van der Waals surface area contributed by atoms with Crippen LogP contribution in [0.15, 0.2) is 5.16 Å². The molecule has 1 aliphatic rings. The van der Waals surface area contributed by atoms with Gasteiger partial charge in [-0.05, 0) is 36.6 Å². The molecule has 2 rings (SSSR count). The van der Waals surface area contributed by atoms with E-state index in [1.165, 1.54) is 38.5 Å². The van der Waals surface area contributed by atoms with Crippen molar-refractivity contribution in [2.45, 2.75) is 69.6 Å². The van der Waals surface area contributed by atoms with Crippen molar-refractivity contribution in [3.8, 4) is 0 Å². The van der Waals surface area contributed by atoms with Crippen LogP contribution in [0, 0.1) is 0 Å². The Morgan fingerprint density at radius 1 is 1.42 bits per heavy atom. The van der Waals surface area contributed by atoms with Gasteiger partial charge in [0.25, 0.3) is 0 Å². The lowest BCUT2D eigenvalue weighted by Gasteiger charge is -2.12. The predicted molar refractivity (Wildman–Crippen MR) is 78.4 cm³/mol. The summed E-state index contributed by atoms with van der Waals surface area (Å²) >= 11 is 1.76. The minimum absolute atomic E-state index is 0.568. The fourth-order valence-electron chi connectivity index (χ4n) is 2.08. The Hall–Kier alpha value is -0.620. The summed E-state index contributed by atoms with van der Waals surface area (Å²) in [5.41, 5.74) is 0. The lowest BCUT2D eigenvalue weighted by molar-refractivity contribution is 0.501. The van der Waals surface area contributed by atoms with Gasteiger partial charge in [0.05, 0.1) is 6.04 Å². The second-order valence-corrected chi connectivity index (χ2v) is 6.40. The van der Waals surface area contributed by atoms with Crippen LogP contribution in [0.1, 0.15) is 58.4 Å². The van der Waals surface area contributed by atoms with E-state index < -0.39 is 0 Å². The van der Waals surface area contributed by atoms with Gasteiger partial charge in [-0.25, -0.2) is 4.68 Å². The van der Waals surface area contributed by atoms with Gasteiger partial charge in [-0.3, -0.25) is 0 Å². The van der Waals surface area contributed by atoms with Gasteiger partial charge in [0.1, 0.15) is 0 Å². The Bertz CT molecular complexity index is 364. The van der Waals surface area contributed by atoms with Gasteiger partial charge in [0.2, 0.25) is 5.16 Å². The van der Waals surface area contributed by atoms with Crippen LogP contribution in [0.4, 0.5) is 0 Å². The van der Waals surface area contributed by atoms with Gasteiger partial charge in [-0.1, -0.05) is 37.9 Å². The average Bonchev–Trinajstić information content (AvgIpc) is 3.15. The van der Waals surface area contributed by atoms with Gasteiger partial charge >= 0.3 is 0 Å². The molecule has 19 heavy (non-hydrogen) atoms. The molecule has 1 aliphatic carbocycles. The molecule has 1 aromatic rings. The van der Waals surface area contributed by atoms with E-state index in [4.69, 9.17) is 0 Å². The van der Waals surface area contributed by atoms with E-state index >= 15 is 0 Å². The summed E-state index contributed by atoms with van der Waals surface area (Å²) in [5, 5.41) is 16.5. The van der Waals surface area contributed by atoms with Crippen molar-refractivity contribution in [1.29, 1.82) is 0 Å². The van der Waals surface area contributed by atoms with E-state index in [1.807, 2.05) is 4.68 Å². The molecule has 1 atom stereocenters. The summed E-state index contributed by atoms with van der Waals surface area (Å²) in [6.07, 6.45) is 7.70. The molecular weight excluding hydrogens is 258 g/mol. The Kier molecular flexibility index (Phi) is 6.10. The number of nitrogens with zero attached hydrogens (tertiary/aromatic N) is 4. The molecule has 5 nitrogen and oxygen atoms in total. The molecule has 1 N–H and O–H groups in total. The van der Waals surface area contributed by atoms with Crippen molar-refractivity contribution >= 4 is 11.8 Å². The van der Waals surface area contributed by atoms with E-state index in [0.717, 1.165) is 17.5 Å². The van der Waals surface area contributed by atoms with E-state index in [9.17, 15) is 0 Å². The number of unbranched alkanes of at least 4 members (excludes halogenated alkanes) is 2. The average molecular weight is 283 g/mol. The molecule has 1 saturated carbocycles. The summed E-state index contributed by atoms with van der Waals surface area (Å²) < 4.78 is 1.98. The van der Waals surface area contributed by atoms with E-state index in [1.54, 1.807) is 11.8 Å². The van der Waals surface area contributed by atoms with Crippen LogP contribution in [-0.4, -0.2) is 38.5 Å². The lowest BCUT2D eigenvalue weighted by Crippen LogP contribution is -2.28. The quantitative estimate of drug-likeness (QED) is 0.528. The van der Waals surface area contributed by atoms with Gasteiger partial charge in [-0.15, -0.1) is 5.10 Å². The molecule has 0 aliphatic heterocycles. The highest BCUT2D eigenvalue weighted by molar-refractivity contribution is 7.99. The molecule has 1 fully saturated rings. The molecule has 0 aromatic carbocycles. The number of rotatable bonds is 10. The molecule has 0 amide bonds. The van der Waals surface area contributed by atoms with E-state index in [2.05, 4.69) is 34.7 Å². The van der Waals surface area contributed by atoms with Crippen LogP contribution in [0.5, 0.6) is 0 Å².